The molecule has 4 nitrogen and oxygen atoms in total. The van der Waals surface area contributed by atoms with Crippen LogP contribution in [0.25, 0.3) is 0 Å². The minimum absolute atomic E-state index is 0.0565. The number of benzene rings is 1. The maximum atomic E-state index is 13.6. The van der Waals surface area contributed by atoms with Gasteiger partial charge in [-0.2, -0.15) is 0 Å². The van der Waals surface area contributed by atoms with Gasteiger partial charge in [0.2, 0.25) is 5.91 Å². The topological polar surface area (TPSA) is 49.4 Å². The van der Waals surface area contributed by atoms with Gasteiger partial charge in [0, 0.05) is 37.3 Å². The van der Waals surface area contributed by atoms with E-state index in [1.54, 1.807) is 13.0 Å². The van der Waals surface area contributed by atoms with E-state index in [4.69, 9.17) is 0 Å². The highest BCUT2D eigenvalue weighted by atomic mass is 19.1. The number of ketones is 1. The fourth-order valence-electron chi connectivity index (χ4n) is 2.59. The van der Waals surface area contributed by atoms with Gasteiger partial charge in [0.05, 0.1) is 0 Å². The van der Waals surface area contributed by atoms with Gasteiger partial charge in [-0.15, -0.1) is 0 Å². The third kappa shape index (κ3) is 2.98. The Bertz CT molecular complexity index is 557. The Hall–Kier alpha value is -1.91. The Balaban J connectivity index is 2.27. The number of rotatable bonds is 3. The number of anilines is 1. The van der Waals surface area contributed by atoms with Crippen LogP contribution in [-0.2, 0) is 4.79 Å². The van der Waals surface area contributed by atoms with Crippen molar-refractivity contribution in [3.8, 4) is 0 Å². The second-order valence-corrected chi connectivity index (χ2v) is 5.31. The van der Waals surface area contributed by atoms with Crippen molar-refractivity contribution in [3.05, 3.63) is 29.1 Å². The number of nitrogens with zero attached hydrogens (tertiary/aromatic N) is 1. The molecule has 1 saturated heterocycles. The summed E-state index contributed by atoms with van der Waals surface area (Å²) in [6, 6.07) is 3.10. The number of Topliss-reactive ketones (excluding diaryl/α,β-unsaturated/α-hetero) is 1. The van der Waals surface area contributed by atoms with Gasteiger partial charge >= 0.3 is 0 Å². The summed E-state index contributed by atoms with van der Waals surface area (Å²) in [5.41, 5.74) is 1.67. The molecular weight excluding hydrogens is 259 g/mol. The molecule has 1 heterocycles. The molecule has 1 amide bonds. The fourth-order valence-corrected chi connectivity index (χ4v) is 2.59. The second-order valence-electron chi connectivity index (χ2n) is 5.31. The molecule has 2 rings (SSSR count). The smallest absolute Gasteiger partial charge is 0.217 e. The van der Waals surface area contributed by atoms with Crippen molar-refractivity contribution in [1.29, 1.82) is 0 Å². The van der Waals surface area contributed by atoms with Crippen molar-refractivity contribution in [2.75, 3.05) is 18.0 Å². The highest BCUT2D eigenvalue weighted by Gasteiger charge is 2.26. The van der Waals surface area contributed by atoms with Crippen molar-refractivity contribution < 1.29 is 14.0 Å². The van der Waals surface area contributed by atoms with E-state index in [1.807, 2.05) is 4.90 Å². The van der Waals surface area contributed by atoms with E-state index >= 15 is 0 Å². The van der Waals surface area contributed by atoms with Crippen molar-refractivity contribution in [2.45, 2.75) is 33.2 Å². The number of halogens is 1. The number of nitrogens with one attached hydrogen (secondary N) is 1. The molecule has 1 aromatic rings. The summed E-state index contributed by atoms with van der Waals surface area (Å²) < 4.78 is 13.6. The zero-order chi connectivity index (χ0) is 14.9. The van der Waals surface area contributed by atoms with Gasteiger partial charge in [0.15, 0.2) is 5.78 Å². The molecule has 1 aromatic carbocycles. The van der Waals surface area contributed by atoms with Crippen molar-refractivity contribution in [1.82, 2.24) is 5.32 Å². The first-order chi connectivity index (χ1) is 9.38. The quantitative estimate of drug-likeness (QED) is 0.861. The molecule has 0 radical (unpaired) electrons. The Morgan fingerprint density at radius 2 is 2.05 bits per heavy atom. The van der Waals surface area contributed by atoms with Crippen LogP contribution in [-0.4, -0.2) is 30.8 Å². The molecule has 108 valence electrons. The standard InChI is InChI=1S/C15H19FN2O2/c1-9-6-15(13(10(2)19)7-14(9)16)18-5-4-12(8-18)17-11(3)20/h6-7,12H,4-5,8H2,1-3H3,(H,17,20). The SMILES string of the molecule is CC(=O)NC1CCN(c2cc(C)c(F)cc2C(C)=O)C1. The van der Waals surface area contributed by atoms with E-state index < -0.39 is 0 Å². The highest BCUT2D eigenvalue weighted by molar-refractivity contribution is 6.00. The van der Waals surface area contributed by atoms with Crippen LogP contribution in [0.1, 0.15) is 36.2 Å². The summed E-state index contributed by atoms with van der Waals surface area (Å²) in [7, 11) is 0. The van der Waals surface area contributed by atoms with Gasteiger partial charge in [0.1, 0.15) is 5.82 Å². The monoisotopic (exact) mass is 278 g/mol. The molecule has 0 saturated carbocycles. The summed E-state index contributed by atoms with van der Waals surface area (Å²) >= 11 is 0. The Morgan fingerprint density at radius 3 is 2.65 bits per heavy atom. The minimum atomic E-state index is -0.364. The molecule has 1 aliphatic heterocycles. The van der Waals surface area contributed by atoms with Gasteiger partial charge in [-0.3, -0.25) is 9.59 Å². The summed E-state index contributed by atoms with van der Waals surface area (Å²) in [6.07, 6.45) is 0.827. The maximum absolute atomic E-state index is 13.6. The Labute approximate surface area is 118 Å². The molecule has 1 N–H and O–H groups in total. The lowest BCUT2D eigenvalue weighted by atomic mass is 10.1. The number of carbonyl (C=O) groups is 2. The average molecular weight is 278 g/mol. The van der Waals surface area contributed by atoms with Gasteiger partial charge in [0.25, 0.3) is 0 Å². The van der Waals surface area contributed by atoms with Crippen molar-refractivity contribution >= 4 is 17.4 Å². The molecule has 1 aliphatic rings. The van der Waals surface area contributed by atoms with Crippen LogP contribution in [0.3, 0.4) is 0 Å². The fraction of sp³-hybridized carbons (Fsp3) is 0.467. The van der Waals surface area contributed by atoms with Crippen molar-refractivity contribution in [2.24, 2.45) is 0 Å². The molecule has 1 unspecified atom stereocenters. The zero-order valence-electron chi connectivity index (χ0n) is 12.0. The molecule has 5 heteroatoms. The molecule has 0 bridgehead atoms. The summed E-state index contributed by atoms with van der Waals surface area (Å²) in [4.78, 5) is 24.8. The summed E-state index contributed by atoms with van der Waals surface area (Å²) in [5, 5.41) is 2.88. The Kier molecular flexibility index (Phi) is 4.06. The first-order valence-corrected chi connectivity index (χ1v) is 6.71. The van der Waals surface area contributed by atoms with Crippen LogP contribution in [0.5, 0.6) is 0 Å². The van der Waals surface area contributed by atoms with Gasteiger partial charge in [-0.1, -0.05) is 0 Å². The van der Waals surface area contributed by atoms with Gasteiger partial charge < -0.3 is 10.2 Å². The molecule has 1 fully saturated rings. The van der Waals surface area contributed by atoms with E-state index in [0.29, 0.717) is 17.7 Å². The zero-order valence-corrected chi connectivity index (χ0v) is 12.0. The molecule has 20 heavy (non-hydrogen) atoms. The number of aryl methyl sites for hydroxylation is 1. The lowest BCUT2D eigenvalue weighted by molar-refractivity contribution is -0.119. The average Bonchev–Trinajstić information content (AvgIpc) is 2.79. The normalized spacial score (nSPS) is 18.2. The van der Waals surface area contributed by atoms with Gasteiger partial charge in [-0.25, -0.2) is 4.39 Å². The summed E-state index contributed by atoms with van der Waals surface area (Å²) in [6.45, 7) is 6.01. The van der Waals surface area contributed by atoms with Crippen LogP contribution in [0.2, 0.25) is 0 Å². The number of hydrogen-bond acceptors (Lipinski definition) is 3. The lowest BCUT2D eigenvalue weighted by Gasteiger charge is -2.22. The first-order valence-electron chi connectivity index (χ1n) is 6.71. The third-order valence-electron chi connectivity index (χ3n) is 3.59. The predicted molar refractivity (Wildman–Crippen MR) is 75.6 cm³/mol. The minimum Gasteiger partial charge on any atom is -0.369 e. The van der Waals surface area contributed by atoms with Crippen LogP contribution in [0.15, 0.2) is 12.1 Å². The van der Waals surface area contributed by atoms with E-state index in [2.05, 4.69) is 5.32 Å². The lowest BCUT2D eigenvalue weighted by Crippen LogP contribution is -2.35. The van der Waals surface area contributed by atoms with E-state index in [9.17, 15) is 14.0 Å². The van der Waals surface area contributed by atoms with Crippen molar-refractivity contribution in [3.63, 3.8) is 0 Å². The number of carbonyl (C=O) groups excluding carboxylic acids is 2. The maximum Gasteiger partial charge on any atom is 0.217 e. The second kappa shape index (κ2) is 5.61. The molecule has 1 atom stereocenters. The van der Waals surface area contributed by atoms with Crippen LogP contribution < -0.4 is 10.2 Å². The number of hydrogen-bond donors (Lipinski definition) is 1. The predicted octanol–water partition coefficient (Wildman–Crippen LogP) is 2.05. The Morgan fingerprint density at radius 1 is 1.35 bits per heavy atom. The number of amides is 1. The van der Waals surface area contributed by atoms with E-state index in [1.165, 1.54) is 19.9 Å². The molecule has 0 aliphatic carbocycles. The molecular formula is C15H19FN2O2. The first kappa shape index (κ1) is 14.5. The summed E-state index contributed by atoms with van der Waals surface area (Å²) in [5.74, 6) is -0.572. The third-order valence-corrected chi connectivity index (χ3v) is 3.59. The van der Waals surface area contributed by atoms with E-state index in [0.717, 1.165) is 18.7 Å². The molecule has 0 spiro atoms. The molecule has 0 aromatic heterocycles. The van der Waals surface area contributed by atoms with Gasteiger partial charge in [-0.05, 0) is 38.0 Å². The van der Waals surface area contributed by atoms with Crippen LogP contribution in [0, 0.1) is 12.7 Å². The van der Waals surface area contributed by atoms with Crippen LogP contribution >= 0.6 is 0 Å². The van der Waals surface area contributed by atoms with Crippen LogP contribution in [0.4, 0.5) is 10.1 Å². The van der Waals surface area contributed by atoms with E-state index in [-0.39, 0.29) is 23.5 Å². The largest absolute Gasteiger partial charge is 0.369 e. The highest BCUT2D eigenvalue weighted by Crippen LogP contribution is 2.28.